The van der Waals surface area contributed by atoms with E-state index in [1.165, 1.54) is 0 Å². The molecule has 7 heteroatoms. The monoisotopic (exact) mass is 318 g/mol. The summed E-state index contributed by atoms with van der Waals surface area (Å²) in [5, 5.41) is 8.86. The van der Waals surface area contributed by atoms with Crippen LogP contribution in [0.1, 0.15) is 33.3 Å². The maximum atomic E-state index is 12.1. The number of carbonyl (C=O) groups is 1. The van der Waals surface area contributed by atoms with Gasteiger partial charge in [0.1, 0.15) is 0 Å². The molecule has 0 atom stereocenters. The van der Waals surface area contributed by atoms with Crippen molar-refractivity contribution in [2.24, 2.45) is 0 Å². The van der Waals surface area contributed by atoms with Crippen LogP contribution in [0.25, 0.3) is 10.9 Å². The number of amides is 2. The first-order valence-corrected chi connectivity index (χ1v) is 7.56. The van der Waals surface area contributed by atoms with Crippen LogP contribution in [0.5, 0.6) is 0 Å². The Labute approximate surface area is 134 Å². The first kappa shape index (κ1) is 16.8. The lowest BCUT2D eigenvalue weighted by Crippen LogP contribution is -2.34. The summed E-state index contributed by atoms with van der Waals surface area (Å²) in [6, 6.07) is 3.36. The number of aryl methyl sites for hydroxylation is 1. The third kappa shape index (κ3) is 4.21. The summed E-state index contributed by atoms with van der Waals surface area (Å²) in [5.74, 6) is 0. The van der Waals surface area contributed by atoms with Gasteiger partial charge >= 0.3 is 11.7 Å². The lowest BCUT2D eigenvalue weighted by molar-refractivity contribution is 0.250. The number of benzene rings is 1. The minimum Gasteiger partial charge on any atom is -0.389 e. The summed E-state index contributed by atoms with van der Waals surface area (Å²) in [6.45, 7) is 9.38. The van der Waals surface area contributed by atoms with Gasteiger partial charge in [-0.15, -0.1) is 0 Å². The molecule has 1 heterocycles. The standard InChI is InChI=1S/C16H22N4O3/c1-8(2)17-15(22)19-11-6-10(5)13-12(7-11)20-16(18-9(3)4)23-14(13)21/h6-9H,1-5H3,(H,18,20)(H2,17,19,22). The van der Waals surface area contributed by atoms with Crippen molar-refractivity contribution in [2.45, 2.75) is 46.7 Å². The number of fused-ring (bicyclic) bond motifs is 1. The minimum atomic E-state index is -0.450. The second-order valence-electron chi connectivity index (χ2n) is 6.05. The number of rotatable bonds is 4. The van der Waals surface area contributed by atoms with Crippen molar-refractivity contribution in [1.82, 2.24) is 10.3 Å². The first-order chi connectivity index (χ1) is 10.8. The lowest BCUT2D eigenvalue weighted by atomic mass is 10.1. The maximum Gasteiger partial charge on any atom is 0.348 e. The van der Waals surface area contributed by atoms with Crippen LogP contribution >= 0.6 is 0 Å². The van der Waals surface area contributed by atoms with Crippen molar-refractivity contribution in [3.63, 3.8) is 0 Å². The average Bonchev–Trinajstić information content (AvgIpc) is 2.34. The van der Waals surface area contributed by atoms with Crippen molar-refractivity contribution >= 4 is 28.6 Å². The summed E-state index contributed by atoms with van der Waals surface area (Å²) in [4.78, 5) is 28.3. The Kier molecular flexibility index (Phi) is 4.88. The van der Waals surface area contributed by atoms with Gasteiger partial charge in [-0.2, -0.15) is 4.98 Å². The molecular weight excluding hydrogens is 296 g/mol. The van der Waals surface area contributed by atoms with Crippen LogP contribution in [0.15, 0.2) is 21.3 Å². The van der Waals surface area contributed by atoms with E-state index in [4.69, 9.17) is 4.42 Å². The fourth-order valence-electron chi connectivity index (χ4n) is 2.20. The smallest absolute Gasteiger partial charge is 0.348 e. The molecule has 1 aromatic carbocycles. The Bertz CT molecular complexity index is 781. The zero-order chi connectivity index (χ0) is 17.1. The van der Waals surface area contributed by atoms with E-state index >= 15 is 0 Å². The molecule has 124 valence electrons. The second-order valence-corrected chi connectivity index (χ2v) is 6.05. The molecule has 3 N–H and O–H groups in total. The molecule has 0 aliphatic rings. The summed E-state index contributed by atoms with van der Waals surface area (Å²) < 4.78 is 5.18. The summed E-state index contributed by atoms with van der Waals surface area (Å²) in [6.07, 6.45) is 0. The van der Waals surface area contributed by atoms with Gasteiger partial charge in [-0.3, -0.25) is 0 Å². The highest BCUT2D eigenvalue weighted by atomic mass is 16.4. The van der Waals surface area contributed by atoms with Crippen molar-refractivity contribution in [2.75, 3.05) is 10.6 Å². The number of urea groups is 1. The van der Waals surface area contributed by atoms with E-state index in [0.717, 1.165) is 0 Å². The highest BCUT2D eigenvalue weighted by molar-refractivity contribution is 5.93. The van der Waals surface area contributed by atoms with E-state index in [-0.39, 0.29) is 24.1 Å². The molecule has 0 fully saturated rings. The fourth-order valence-corrected chi connectivity index (χ4v) is 2.20. The number of nitrogens with zero attached hydrogens (tertiary/aromatic N) is 1. The number of hydrogen-bond acceptors (Lipinski definition) is 5. The molecule has 0 aliphatic heterocycles. The molecule has 0 radical (unpaired) electrons. The van der Waals surface area contributed by atoms with Crippen molar-refractivity contribution in [3.8, 4) is 0 Å². The fraction of sp³-hybridized carbons (Fsp3) is 0.438. The molecule has 23 heavy (non-hydrogen) atoms. The number of nitrogens with one attached hydrogen (secondary N) is 3. The largest absolute Gasteiger partial charge is 0.389 e. The number of anilines is 2. The molecule has 0 saturated carbocycles. The second kappa shape index (κ2) is 6.68. The molecule has 0 aliphatic carbocycles. The average molecular weight is 318 g/mol. The van der Waals surface area contributed by atoms with Crippen LogP contribution in [-0.4, -0.2) is 23.1 Å². The predicted molar refractivity (Wildman–Crippen MR) is 91.1 cm³/mol. The van der Waals surface area contributed by atoms with Gasteiger partial charge in [0.15, 0.2) is 0 Å². The van der Waals surface area contributed by atoms with Gasteiger partial charge in [0, 0.05) is 17.8 Å². The Morgan fingerprint density at radius 1 is 1.17 bits per heavy atom. The molecule has 2 amide bonds. The van der Waals surface area contributed by atoms with E-state index in [1.54, 1.807) is 19.1 Å². The zero-order valence-corrected chi connectivity index (χ0v) is 14.0. The number of hydrogen-bond donors (Lipinski definition) is 3. The van der Waals surface area contributed by atoms with Crippen LogP contribution < -0.4 is 21.6 Å². The van der Waals surface area contributed by atoms with Crippen LogP contribution in [0, 0.1) is 6.92 Å². The van der Waals surface area contributed by atoms with Gasteiger partial charge in [0.2, 0.25) is 0 Å². The Morgan fingerprint density at radius 3 is 2.48 bits per heavy atom. The van der Waals surface area contributed by atoms with Gasteiger partial charge in [0.05, 0.1) is 10.9 Å². The normalized spacial score (nSPS) is 11.1. The minimum absolute atomic E-state index is 0.0311. The number of carbonyl (C=O) groups excluding carboxylic acids is 1. The highest BCUT2D eigenvalue weighted by Crippen LogP contribution is 2.21. The van der Waals surface area contributed by atoms with E-state index in [0.29, 0.717) is 22.2 Å². The quantitative estimate of drug-likeness (QED) is 0.805. The van der Waals surface area contributed by atoms with E-state index in [9.17, 15) is 9.59 Å². The van der Waals surface area contributed by atoms with Crippen LogP contribution in [0.3, 0.4) is 0 Å². The van der Waals surface area contributed by atoms with Gasteiger partial charge in [-0.25, -0.2) is 9.59 Å². The summed E-state index contributed by atoms with van der Waals surface area (Å²) in [7, 11) is 0. The molecule has 0 bridgehead atoms. The molecule has 0 unspecified atom stereocenters. The lowest BCUT2D eigenvalue weighted by Gasteiger charge is -2.12. The van der Waals surface area contributed by atoms with E-state index in [1.807, 2.05) is 27.7 Å². The first-order valence-electron chi connectivity index (χ1n) is 7.56. The van der Waals surface area contributed by atoms with Crippen molar-refractivity contribution in [3.05, 3.63) is 28.1 Å². The summed E-state index contributed by atoms with van der Waals surface area (Å²) >= 11 is 0. The summed E-state index contributed by atoms with van der Waals surface area (Å²) in [5.41, 5.74) is 1.29. The number of aromatic nitrogens is 1. The topological polar surface area (TPSA) is 96.3 Å². The third-order valence-electron chi connectivity index (χ3n) is 3.02. The zero-order valence-electron chi connectivity index (χ0n) is 14.0. The molecule has 1 aromatic heterocycles. The van der Waals surface area contributed by atoms with Gasteiger partial charge < -0.3 is 20.4 Å². The van der Waals surface area contributed by atoms with Crippen LogP contribution in [-0.2, 0) is 0 Å². The van der Waals surface area contributed by atoms with Crippen molar-refractivity contribution in [1.29, 1.82) is 0 Å². The third-order valence-corrected chi connectivity index (χ3v) is 3.02. The maximum absolute atomic E-state index is 12.1. The Morgan fingerprint density at radius 2 is 1.87 bits per heavy atom. The molecule has 0 spiro atoms. The van der Waals surface area contributed by atoms with Gasteiger partial charge in [-0.05, 0) is 52.3 Å². The van der Waals surface area contributed by atoms with Crippen LogP contribution in [0.4, 0.5) is 16.5 Å². The Balaban J connectivity index is 2.42. The van der Waals surface area contributed by atoms with E-state index in [2.05, 4.69) is 20.9 Å². The highest BCUT2D eigenvalue weighted by Gasteiger charge is 2.12. The molecular formula is C16H22N4O3. The molecule has 2 rings (SSSR count). The molecule has 7 nitrogen and oxygen atoms in total. The van der Waals surface area contributed by atoms with Crippen molar-refractivity contribution < 1.29 is 9.21 Å². The van der Waals surface area contributed by atoms with Gasteiger partial charge in [-0.1, -0.05) is 0 Å². The van der Waals surface area contributed by atoms with E-state index < -0.39 is 5.63 Å². The molecule has 0 saturated heterocycles. The SMILES string of the molecule is Cc1cc(NC(=O)NC(C)C)cc2nc(NC(C)C)oc(=O)c12. The van der Waals surface area contributed by atoms with Crippen LogP contribution in [0.2, 0.25) is 0 Å². The predicted octanol–water partition coefficient (Wildman–Crippen LogP) is 2.85. The molecule has 2 aromatic rings. The van der Waals surface area contributed by atoms with Gasteiger partial charge in [0.25, 0.3) is 6.01 Å². The Hall–Kier alpha value is -2.57.